The predicted molar refractivity (Wildman–Crippen MR) is 131 cm³/mol. The summed E-state index contributed by atoms with van der Waals surface area (Å²) < 4.78 is 6.26. The van der Waals surface area contributed by atoms with Crippen molar-refractivity contribution in [3.63, 3.8) is 0 Å². The molecule has 176 valence electrons. The Hall–Kier alpha value is -2.08. The van der Waals surface area contributed by atoms with Gasteiger partial charge in [0.1, 0.15) is 5.75 Å². The first-order valence-electron chi connectivity index (χ1n) is 11.6. The molecule has 0 aliphatic carbocycles. The summed E-state index contributed by atoms with van der Waals surface area (Å²) in [5.41, 5.74) is 5.50. The van der Waals surface area contributed by atoms with E-state index < -0.39 is 6.09 Å². The number of hydrogen-bond donors (Lipinski definition) is 1. The molecule has 1 aromatic heterocycles. The normalized spacial score (nSPS) is 19.8. The van der Waals surface area contributed by atoms with Gasteiger partial charge in [0.05, 0.1) is 17.8 Å². The van der Waals surface area contributed by atoms with E-state index in [1.165, 1.54) is 11.1 Å². The van der Waals surface area contributed by atoms with Crippen LogP contribution in [-0.4, -0.2) is 40.3 Å². The fraction of sp³-hybridized carbons (Fsp3) is 0.615. The second kappa shape index (κ2) is 9.82. The van der Waals surface area contributed by atoms with Gasteiger partial charge in [-0.25, -0.2) is 9.78 Å². The highest BCUT2D eigenvalue weighted by Gasteiger charge is 2.32. The Balaban J connectivity index is 1.64. The third-order valence-corrected chi connectivity index (χ3v) is 7.07. The standard InChI is InChI=1S/C26H38N2O3S/c1-25(2,3)19-12-20(26(4,5)6)14-23(13-19)31-10-8-18-7-9-28(24(29)30)22(11-18)15-21-16-32-17-27-21/h12-14,16-18,22H,7-11,15H2,1-6H3,(H,29,30). The average Bonchev–Trinajstić information content (AvgIpc) is 3.19. The van der Waals surface area contributed by atoms with Crippen LogP contribution in [0.2, 0.25) is 0 Å². The number of aromatic nitrogens is 1. The summed E-state index contributed by atoms with van der Waals surface area (Å²) in [6.45, 7) is 14.6. The van der Waals surface area contributed by atoms with E-state index in [9.17, 15) is 9.90 Å². The lowest BCUT2D eigenvalue weighted by molar-refractivity contribution is 0.0839. The summed E-state index contributed by atoms with van der Waals surface area (Å²) in [6.07, 6.45) is 2.55. The third kappa shape index (κ3) is 6.47. The second-order valence-electron chi connectivity index (χ2n) is 11.1. The summed E-state index contributed by atoms with van der Waals surface area (Å²) in [7, 11) is 0. The van der Waals surface area contributed by atoms with Gasteiger partial charge in [0, 0.05) is 24.4 Å². The lowest BCUT2D eigenvalue weighted by Crippen LogP contribution is -2.46. The molecule has 3 rings (SSSR count). The summed E-state index contributed by atoms with van der Waals surface area (Å²) >= 11 is 1.56. The number of amides is 1. The van der Waals surface area contributed by atoms with Gasteiger partial charge in [-0.2, -0.15) is 0 Å². The fourth-order valence-corrected chi connectivity index (χ4v) is 4.88. The zero-order valence-electron chi connectivity index (χ0n) is 20.4. The lowest BCUT2D eigenvalue weighted by atomic mass is 9.80. The molecule has 1 aliphatic heterocycles. The summed E-state index contributed by atoms with van der Waals surface area (Å²) in [5, 5.41) is 11.6. The number of ether oxygens (including phenoxy) is 1. The number of piperidine rings is 1. The molecule has 1 amide bonds. The van der Waals surface area contributed by atoms with Crippen molar-refractivity contribution >= 4 is 17.4 Å². The molecule has 0 bridgehead atoms. The molecule has 1 saturated heterocycles. The first-order valence-corrected chi connectivity index (χ1v) is 12.5. The maximum Gasteiger partial charge on any atom is 0.407 e. The van der Waals surface area contributed by atoms with Gasteiger partial charge in [0.2, 0.25) is 0 Å². The highest BCUT2D eigenvalue weighted by atomic mass is 32.1. The zero-order chi connectivity index (χ0) is 23.5. The van der Waals surface area contributed by atoms with E-state index in [4.69, 9.17) is 4.74 Å². The Kier molecular flexibility index (Phi) is 7.53. The first-order chi connectivity index (χ1) is 14.9. The third-order valence-electron chi connectivity index (χ3n) is 6.43. The highest BCUT2D eigenvalue weighted by molar-refractivity contribution is 7.07. The number of thiazole rings is 1. The molecule has 2 heterocycles. The van der Waals surface area contributed by atoms with Crippen LogP contribution in [0.15, 0.2) is 29.1 Å². The van der Waals surface area contributed by atoms with Crippen LogP contribution in [0, 0.1) is 5.92 Å². The van der Waals surface area contributed by atoms with Crippen molar-refractivity contribution in [2.24, 2.45) is 5.92 Å². The molecule has 2 atom stereocenters. The molecule has 2 aromatic rings. The minimum Gasteiger partial charge on any atom is -0.494 e. The van der Waals surface area contributed by atoms with Crippen molar-refractivity contribution < 1.29 is 14.6 Å². The summed E-state index contributed by atoms with van der Waals surface area (Å²) in [5.74, 6) is 1.39. The molecule has 32 heavy (non-hydrogen) atoms. The van der Waals surface area contributed by atoms with Crippen molar-refractivity contribution in [2.75, 3.05) is 13.2 Å². The summed E-state index contributed by atoms with van der Waals surface area (Å²) in [6, 6.07) is 6.64. The average molecular weight is 459 g/mol. The van der Waals surface area contributed by atoms with E-state index in [1.54, 1.807) is 16.2 Å². The quantitative estimate of drug-likeness (QED) is 0.536. The van der Waals surface area contributed by atoms with E-state index in [1.807, 2.05) is 10.9 Å². The zero-order valence-corrected chi connectivity index (χ0v) is 21.2. The van der Waals surface area contributed by atoms with Crippen LogP contribution in [0.25, 0.3) is 0 Å². The molecule has 0 spiro atoms. The minimum absolute atomic E-state index is 0.00920. The molecule has 0 saturated carbocycles. The highest BCUT2D eigenvalue weighted by Crippen LogP contribution is 2.33. The monoisotopic (exact) mass is 458 g/mol. The van der Waals surface area contributed by atoms with Crippen molar-refractivity contribution in [2.45, 2.75) is 84.1 Å². The van der Waals surface area contributed by atoms with Gasteiger partial charge in [-0.3, -0.25) is 0 Å². The number of carbonyl (C=O) groups is 1. The Bertz CT molecular complexity index is 865. The van der Waals surface area contributed by atoms with E-state index in [2.05, 4.69) is 64.7 Å². The minimum atomic E-state index is -0.825. The van der Waals surface area contributed by atoms with Gasteiger partial charge in [0.25, 0.3) is 0 Å². The van der Waals surface area contributed by atoms with Crippen LogP contribution < -0.4 is 4.74 Å². The van der Waals surface area contributed by atoms with E-state index in [0.29, 0.717) is 25.5 Å². The fourth-order valence-electron chi connectivity index (χ4n) is 4.31. The molecular weight excluding hydrogens is 420 g/mol. The van der Waals surface area contributed by atoms with E-state index in [-0.39, 0.29) is 16.9 Å². The lowest BCUT2D eigenvalue weighted by Gasteiger charge is -2.37. The Morgan fingerprint density at radius 1 is 1.16 bits per heavy atom. The van der Waals surface area contributed by atoms with Gasteiger partial charge in [-0.15, -0.1) is 11.3 Å². The molecule has 6 heteroatoms. The molecule has 2 unspecified atom stereocenters. The molecule has 5 nitrogen and oxygen atoms in total. The molecule has 1 aromatic carbocycles. The van der Waals surface area contributed by atoms with Gasteiger partial charge < -0.3 is 14.7 Å². The number of carboxylic acid groups (broad SMARTS) is 1. The molecule has 0 radical (unpaired) electrons. The molecular formula is C26H38N2O3S. The van der Waals surface area contributed by atoms with Gasteiger partial charge in [-0.05, 0) is 59.3 Å². The van der Waals surface area contributed by atoms with Crippen LogP contribution >= 0.6 is 11.3 Å². The number of hydrogen-bond acceptors (Lipinski definition) is 4. The van der Waals surface area contributed by atoms with E-state index >= 15 is 0 Å². The van der Waals surface area contributed by atoms with Crippen molar-refractivity contribution in [3.05, 3.63) is 45.9 Å². The molecule has 1 N–H and O–H groups in total. The Morgan fingerprint density at radius 2 is 1.81 bits per heavy atom. The van der Waals surface area contributed by atoms with Gasteiger partial charge >= 0.3 is 6.09 Å². The van der Waals surface area contributed by atoms with Crippen LogP contribution in [-0.2, 0) is 17.3 Å². The SMILES string of the molecule is CC(C)(C)c1cc(OCCC2CCN(C(=O)O)C(Cc3cscn3)C2)cc(C(C)(C)C)c1. The second-order valence-corrected chi connectivity index (χ2v) is 11.8. The van der Waals surface area contributed by atoms with Crippen molar-refractivity contribution in [3.8, 4) is 5.75 Å². The van der Waals surface area contributed by atoms with Crippen LogP contribution in [0.1, 0.15) is 77.6 Å². The number of likely N-dealkylation sites (tertiary alicyclic amines) is 1. The number of benzene rings is 1. The van der Waals surface area contributed by atoms with Crippen molar-refractivity contribution in [1.82, 2.24) is 9.88 Å². The van der Waals surface area contributed by atoms with Crippen molar-refractivity contribution in [1.29, 1.82) is 0 Å². The number of rotatable bonds is 6. The topological polar surface area (TPSA) is 62.7 Å². The Morgan fingerprint density at radius 3 is 2.34 bits per heavy atom. The molecule has 1 fully saturated rings. The maximum atomic E-state index is 11.7. The summed E-state index contributed by atoms with van der Waals surface area (Å²) in [4.78, 5) is 17.7. The Labute approximate surface area is 196 Å². The first kappa shape index (κ1) is 24.6. The van der Waals surface area contributed by atoms with Gasteiger partial charge in [-0.1, -0.05) is 47.6 Å². The van der Waals surface area contributed by atoms with Gasteiger partial charge in [0.15, 0.2) is 0 Å². The maximum absolute atomic E-state index is 11.7. The smallest absolute Gasteiger partial charge is 0.407 e. The molecule has 1 aliphatic rings. The number of nitrogens with zero attached hydrogens (tertiary/aromatic N) is 2. The van der Waals surface area contributed by atoms with Crippen LogP contribution in [0.5, 0.6) is 5.75 Å². The van der Waals surface area contributed by atoms with Crippen LogP contribution in [0.3, 0.4) is 0 Å². The van der Waals surface area contributed by atoms with E-state index in [0.717, 1.165) is 30.7 Å². The predicted octanol–water partition coefficient (Wildman–Crippen LogP) is 6.51. The van der Waals surface area contributed by atoms with Crippen LogP contribution in [0.4, 0.5) is 4.79 Å². The largest absolute Gasteiger partial charge is 0.494 e.